The first-order valence-corrected chi connectivity index (χ1v) is 5.00. The van der Waals surface area contributed by atoms with Gasteiger partial charge in [-0.25, -0.2) is 0 Å². The summed E-state index contributed by atoms with van der Waals surface area (Å²) in [5, 5.41) is 0. The monoisotopic (exact) mass is 238 g/mol. The molecule has 0 saturated carbocycles. The van der Waals surface area contributed by atoms with Gasteiger partial charge in [-0.15, -0.1) is 0 Å². The Bertz CT molecular complexity index is 90.0. The molecule has 2 atom stereocenters. The Balaban J connectivity index is -0.000000180. The van der Waals surface area contributed by atoms with Crippen molar-refractivity contribution < 1.29 is 120 Å². The van der Waals surface area contributed by atoms with Gasteiger partial charge in [0.15, 0.2) is 0 Å². The summed E-state index contributed by atoms with van der Waals surface area (Å²) in [4.78, 5) is 0. The SMILES string of the molecule is O=S([O-])SS(=O)[O-].[K+].[K+]. The van der Waals surface area contributed by atoms with Crippen molar-refractivity contribution in [2.45, 2.75) is 0 Å². The molecular formula is K2O4S3. The van der Waals surface area contributed by atoms with Crippen molar-refractivity contribution in [3.8, 4) is 0 Å². The van der Waals surface area contributed by atoms with Crippen molar-refractivity contribution in [2.24, 2.45) is 0 Å². The van der Waals surface area contributed by atoms with Gasteiger partial charge in [0.1, 0.15) is 0 Å². The van der Waals surface area contributed by atoms with E-state index in [0.717, 1.165) is 0 Å². The summed E-state index contributed by atoms with van der Waals surface area (Å²) < 4.78 is 37.5. The molecular weight excluding hydrogens is 238 g/mol. The number of hydrogen-bond donors (Lipinski definition) is 0. The summed E-state index contributed by atoms with van der Waals surface area (Å²) in [6.07, 6.45) is 0. The average Bonchev–Trinajstić information content (AvgIpc) is 1.27. The Labute approximate surface area is 146 Å². The van der Waals surface area contributed by atoms with Crippen LogP contribution in [0.3, 0.4) is 0 Å². The third-order valence-corrected chi connectivity index (χ3v) is 3.00. The van der Waals surface area contributed by atoms with Crippen LogP contribution < -0.4 is 103 Å². The Morgan fingerprint density at radius 2 is 1.22 bits per heavy atom. The van der Waals surface area contributed by atoms with Gasteiger partial charge in [0, 0.05) is 30.1 Å². The van der Waals surface area contributed by atoms with E-state index in [1.54, 1.807) is 0 Å². The molecule has 0 aliphatic carbocycles. The van der Waals surface area contributed by atoms with E-state index in [1.165, 1.54) is 0 Å². The number of hydrogen-bond acceptors (Lipinski definition) is 5. The molecule has 4 nitrogen and oxygen atoms in total. The summed E-state index contributed by atoms with van der Waals surface area (Å²) in [5.41, 5.74) is 0. The van der Waals surface area contributed by atoms with Crippen LogP contribution in [0.1, 0.15) is 0 Å². The summed E-state index contributed by atoms with van der Waals surface area (Å²) >= 11 is 0. The Kier molecular flexibility index (Phi) is 24.5. The summed E-state index contributed by atoms with van der Waals surface area (Å²) in [7, 11) is -5.24. The van der Waals surface area contributed by atoms with Gasteiger partial charge in [-0.05, 0) is 0 Å². The molecule has 0 bridgehead atoms. The van der Waals surface area contributed by atoms with E-state index < -0.39 is 20.2 Å². The molecule has 0 radical (unpaired) electrons. The maximum Gasteiger partial charge on any atom is 1.00 e. The van der Waals surface area contributed by atoms with Gasteiger partial charge >= 0.3 is 103 Å². The van der Waals surface area contributed by atoms with Crippen LogP contribution in [0.5, 0.6) is 0 Å². The predicted molar refractivity (Wildman–Crippen MR) is 25.4 cm³/mol. The first kappa shape index (κ1) is 18.6. The standard InChI is InChI=1S/2K.H2O4S3/c;;1-6(2)5-7(3)4/h;;(H,1,2)(H,3,4)/q2*+1;/p-2. The molecule has 0 rings (SSSR count). The summed E-state index contributed by atoms with van der Waals surface area (Å²) in [6.45, 7) is 0. The zero-order chi connectivity index (χ0) is 5.86. The minimum Gasteiger partial charge on any atom is -0.763 e. The Morgan fingerprint density at radius 1 is 1.00 bits per heavy atom. The first-order valence-electron chi connectivity index (χ1n) is 1.00. The van der Waals surface area contributed by atoms with Gasteiger partial charge in [-0.2, -0.15) is 0 Å². The summed E-state index contributed by atoms with van der Waals surface area (Å²) in [6, 6.07) is 0. The predicted octanol–water partition coefficient (Wildman–Crippen LogP) is -6.68. The van der Waals surface area contributed by atoms with Crippen molar-refractivity contribution in [3.05, 3.63) is 0 Å². The van der Waals surface area contributed by atoms with Crippen molar-refractivity contribution >= 4 is 30.1 Å². The molecule has 0 N–H and O–H groups in total. The fourth-order valence-corrected chi connectivity index (χ4v) is 1.22. The van der Waals surface area contributed by atoms with Crippen molar-refractivity contribution in [2.75, 3.05) is 0 Å². The zero-order valence-electron chi connectivity index (χ0n) is 4.86. The number of rotatable bonds is 2. The quantitative estimate of drug-likeness (QED) is 0.271. The molecule has 0 aliphatic rings. The van der Waals surface area contributed by atoms with Gasteiger partial charge in [0.05, 0.1) is 0 Å². The minimum absolute atomic E-state index is 0. The van der Waals surface area contributed by atoms with E-state index >= 15 is 0 Å². The molecule has 9 heteroatoms. The van der Waals surface area contributed by atoms with E-state index in [4.69, 9.17) is 0 Å². The smallest absolute Gasteiger partial charge is 0.763 e. The third-order valence-electron chi connectivity index (χ3n) is 0.111. The molecule has 0 aromatic rings. The molecule has 0 saturated heterocycles. The van der Waals surface area contributed by atoms with Crippen LogP contribution in [0, 0.1) is 0 Å². The Hall–Kier alpha value is 3.84. The third kappa shape index (κ3) is 18.7. The largest absolute Gasteiger partial charge is 1.00 e. The molecule has 0 aromatic carbocycles. The van der Waals surface area contributed by atoms with Crippen LogP contribution in [0.25, 0.3) is 0 Å². The topological polar surface area (TPSA) is 80.3 Å². The van der Waals surface area contributed by atoms with Crippen LogP contribution in [0.4, 0.5) is 0 Å². The molecule has 0 aliphatic heterocycles. The molecule has 9 heavy (non-hydrogen) atoms. The molecule has 0 aromatic heterocycles. The fourth-order valence-electron chi connectivity index (χ4n) is 0.0454. The van der Waals surface area contributed by atoms with Gasteiger partial charge in [0.25, 0.3) is 0 Å². The van der Waals surface area contributed by atoms with Crippen LogP contribution >= 0.6 is 9.83 Å². The van der Waals surface area contributed by atoms with Crippen molar-refractivity contribution in [1.82, 2.24) is 0 Å². The second kappa shape index (κ2) is 11.8. The van der Waals surface area contributed by atoms with Gasteiger partial charge in [-0.1, -0.05) is 0 Å². The molecule has 44 valence electrons. The normalized spacial score (nSPS) is 14.4. The van der Waals surface area contributed by atoms with E-state index in [2.05, 4.69) is 0 Å². The zero-order valence-corrected chi connectivity index (χ0v) is 13.6. The van der Waals surface area contributed by atoms with Crippen molar-refractivity contribution in [1.29, 1.82) is 0 Å². The molecule has 0 spiro atoms. The summed E-state index contributed by atoms with van der Waals surface area (Å²) in [5.74, 6) is 0. The van der Waals surface area contributed by atoms with Crippen LogP contribution in [-0.4, -0.2) is 17.5 Å². The van der Waals surface area contributed by atoms with Gasteiger partial charge in [0.2, 0.25) is 0 Å². The maximum absolute atomic E-state index is 9.38. The van der Waals surface area contributed by atoms with E-state index in [1.807, 2.05) is 0 Å². The van der Waals surface area contributed by atoms with E-state index in [-0.39, 0.29) is 113 Å². The first-order chi connectivity index (χ1) is 3.13. The Morgan fingerprint density at radius 3 is 1.22 bits per heavy atom. The molecule has 0 amide bonds. The van der Waals surface area contributed by atoms with Gasteiger partial charge in [-0.3, -0.25) is 8.42 Å². The van der Waals surface area contributed by atoms with E-state index in [9.17, 15) is 17.5 Å². The second-order valence-corrected chi connectivity index (χ2v) is 4.69. The van der Waals surface area contributed by atoms with E-state index in [0.29, 0.717) is 0 Å². The second-order valence-electron chi connectivity index (χ2n) is 0.476. The fraction of sp³-hybridized carbons (Fsp3) is 0. The van der Waals surface area contributed by atoms with Crippen LogP contribution in [-0.2, 0) is 20.2 Å². The molecule has 0 fully saturated rings. The molecule has 0 heterocycles. The van der Waals surface area contributed by atoms with Crippen LogP contribution in [0.2, 0.25) is 0 Å². The average molecular weight is 238 g/mol. The van der Waals surface area contributed by atoms with Gasteiger partial charge < -0.3 is 9.11 Å². The van der Waals surface area contributed by atoms with Crippen molar-refractivity contribution in [3.63, 3.8) is 0 Å². The minimum atomic E-state index is -2.54. The van der Waals surface area contributed by atoms with Crippen LogP contribution in [0.15, 0.2) is 0 Å². The maximum atomic E-state index is 9.38. The molecule has 2 unspecified atom stereocenters.